The molecule has 2 aromatic carbocycles. The van der Waals surface area contributed by atoms with Crippen LogP contribution in [0.5, 0.6) is 0 Å². The zero-order valence-electron chi connectivity index (χ0n) is 16.5. The third kappa shape index (κ3) is 3.18. The third-order valence-corrected chi connectivity index (χ3v) is 6.71. The molecule has 30 heavy (non-hydrogen) atoms. The lowest BCUT2D eigenvalue weighted by Gasteiger charge is -2.34. The molecule has 7 nitrogen and oxygen atoms in total. The Labute approximate surface area is 177 Å². The molecule has 3 aromatic rings. The fourth-order valence-electron chi connectivity index (χ4n) is 3.96. The van der Waals surface area contributed by atoms with Gasteiger partial charge < -0.3 is 4.90 Å². The normalized spacial score (nSPS) is 17.1. The number of aromatic nitrogens is 1. The van der Waals surface area contributed by atoms with Crippen molar-refractivity contribution >= 4 is 39.3 Å². The maximum atomic E-state index is 12.9. The smallest absolute Gasteiger partial charge is 0.261 e. The van der Waals surface area contributed by atoms with E-state index >= 15 is 0 Å². The van der Waals surface area contributed by atoms with Gasteiger partial charge in [-0.25, -0.2) is 4.98 Å². The quantitative estimate of drug-likeness (QED) is 0.609. The summed E-state index contributed by atoms with van der Waals surface area (Å²) in [5.41, 5.74) is 2.15. The van der Waals surface area contributed by atoms with E-state index in [0.29, 0.717) is 29.8 Å². The lowest BCUT2D eigenvalue weighted by Crippen LogP contribution is -2.48. The van der Waals surface area contributed by atoms with Crippen molar-refractivity contribution < 1.29 is 14.4 Å². The van der Waals surface area contributed by atoms with E-state index in [4.69, 9.17) is 4.98 Å². The zero-order chi connectivity index (χ0) is 20.8. The van der Waals surface area contributed by atoms with Gasteiger partial charge >= 0.3 is 0 Å². The van der Waals surface area contributed by atoms with Crippen LogP contribution >= 0.6 is 11.3 Å². The number of hydrogen-bond donors (Lipinski definition) is 0. The minimum absolute atomic E-state index is 0.104. The van der Waals surface area contributed by atoms with E-state index < -0.39 is 0 Å². The molecule has 0 radical (unpaired) electrons. The van der Waals surface area contributed by atoms with Crippen LogP contribution in [0.15, 0.2) is 42.5 Å². The molecule has 0 aliphatic carbocycles. The van der Waals surface area contributed by atoms with Gasteiger partial charge in [-0.3, -0.25) is 24.2 Å². The van der Waals surface area contributed by atoms with Crippen LogP contribution in [0.3, 0.4) is 0 Å². The summed E-state index contributed by atoms with van der Waals surface area (Å²) in [4.78, 5) is 47.1. The molecule has 5 rings (SSSR count). The number of imide groups is 1. The van der Waals surface area contributed by atoms with Gasteiger partial charge in [0.1, 0.15) is 5.01 Å². The van der Waals surface area contributed by atoms with Gasteiger partial charge in [0, 0.05) is 38.8 Å². The van der Waals surface area contributed by atoms with Gasteiger partial charge in [-0.15, -0.1) is 11.3 Å². The van der Waals surface area contributed by atoms with Gasteiger partial charge in [0.25, 0.3) is 17.7 Å². The number of hydrogen-bond acceptors (Lipinski definition) is 6. The molecule has 0 spiro atoms. The largest absolute Gasteiger partial charge is 0.336 e. The second-order valence-corrected chi connectivity index (χ2v) is 8.69. The van der Waals surface area contributed by atoms with Gasteiger partial charge in [-0.1, -0.05) is 12.1 Å². The number of carbonyl (C=O) groups excluding carboxylic acids is 3. The minimum Gasteiger partial charge on any atom is -0.336 e. The molecule has 1 saturated heterocycles. The number of carbonyl (C=O) groups is 3. The zero-order valence-corrected chi connectivity index (χ0v) is 17.3. The van der Waals surface area contributed by atoms with Crippen molar-refractivity contribution in [3.63, 3.8) is 0 Å². The SMILES string of the molecule is CN1C(=O)c2ccc(C(=O)N3CCN(Cc4nc5ccccc5s4)CC3)cc2C1=O. The van der Waals surface area contributed by atoms with Crippen molar-refractivity contribution in [3.05, 3.63) is 64.2 Å². The fourth-order valence-corrected chi connectivity index (χ4v) is 4.97. The van der Waals surface area contributed by atoms with Crippen molar-refractivity contribution in [2.45, 2.75) is 6.54 Å². The Hall–Kier alpha value is -3.10. The maximum Gasteiger partial charge on any atom is 0.261 e. The van der Waals surface area contributed by atoms with Crippen LogP contribution in [-0.2, 0) is 6.54 Å². The van der Waals surface area contributed by atoms with Crippen LogP contribution in [0.25, 0.3) is 10.2 Å². The standard InChI is InChI=1S/C22H20N4O3S/c1-24-21(28)15-7-6-14(12-16(15)22(24)29)20(27)26-10-8-25(9-11-26)13-19-23-17-4-2-3-5-18(17)30-19/h2-7,12H,8-11,13H2,1H3. The number of piperazine rings is 1. The van der Waals surface area contributed by atoms with Gasteiger partial charge in [0.2, 0.25) is 0 Å². The van der Waals surface area contributed by atoms with Crippen LogP contribution in [0, 0.1) is 0 Å². The van der Waals surface area contributed by atoms with Crippen molar-refractivity contribution in [2.75, 3.05) is 33.2 Å². The maximum absolute atomic E-state index is 12.9. The first-order valence-electron chi connectivity index (χ1n) is 9.84. The van der Waals surface area contributed by atoms with Gasteiger partial charge in [0.05, 0.1) is 27.9 Å². The highest BCUT2D eigenvalue weighted by Crippen LogP contribution is 2.25. The highest BCUT2D eigenvalue weighted by atomic mass is 32.1. The Balaban J connectivity index is 1.24. The van der Waals surface area contributed by atoms with Gasteiger partial charge in [-0.2, -0.15) is 0 Å². The molecule has 8 heteroatoms. The summed E-state index contributed by atoms with van der Waals surface area (Å²) in [6.07, 6.45) is 0. The molecular weight excluding hydrogens is 400 g/mol. The summed E-state index contributed by atoms with van der Waals surface area (Å²) < 4.78 is 1.19. The molecule has 3 heterocycles. The predicted molar refractivity (Wildman–Crippen MR) is 114 cm³/mol. The van der Waals surface area contributed by atoms with Crippen LogP contribution in [0.4, 0.5) is 0 Å². The van der Waals surface area contributed by atoms with Crippen molar-refractivity contribution in [1.29, 1.82) is 0 Å². The van der Waals surface area contributed by atoms with Gasteiger partial charge in [0.15, 0.2) is 0 Å². The number of benzene rings is 2. The summed E-state index contributed by atoms with van der Waals surface area (Å²) in [5, 5.41) is 1.09. The average Bonchev–Trinajstić information content (AvgIpc) is 3.27. The third-order valence-electron chi connectivity index (χ3n) is 5.69. The fraction of sp³-hybridized carbons (Fsp3) is 0.273. The molecule has 152 valence electrons. The van der Waals surface area contributed by atoms with Crippen LogP contribution < -0.4 is 0 Å². The summed E-state index contributed by atoms with van der Waals surface area (Å²) in [5.74, 6) is -0.782. The summed E-state index contributed by atoms with van der Waals surface area (Å²) in [7, 11) is 1.46. The molecule has 0 saturated carbocycles. The highest BCUT2D eigenvalue weighted by Gasteiger charge is 2.34. The lowest BCUT2D eigenvalue weighted by molar-refractivity contribution is 0.0627. The Kier molecular flexibility index (Phi) is 4.60. The van der Waals surface area contributed by atoms with E-state index in [9.17, 15) is 14.4 Å². The summed E-state index contributed by atoms with van der Waals surface area (Å²) in [6.45, 7) is 3.56. The Bertz CT molecular complexity index is 1150. The Morgan fingerprint density at radius 1 is 1.00 bits per heavy atom. The molecule has 3 amide bonds. The second kappa shape index (κ2) is 7.30. The summed E-state index contributed by atoms with van der Waals surface area (Å²) >= 11 is 1.71. The van der Waals surface area contributed by atoms with Crippen molar-refractivity contribution in [1.82, 2.24) is 19.7 Å². The predicted octanol–water partition coefficient (Wildman–Crippen LogP) is 2.48. The Morgan fingerprint density at radius 3 is 2.50 bits per heavy atom. The van der Waals surface area contributed by atoms with Crippen molar-refractivity contribution in [2.24, 2.45) is 0 Å². The molecule has 0 unspecified atom stereocenters. The molecule has 1 aromatic heterocycles. The lowest BCUT2D eigenvalue weighted by atomic mass is 10.0. The topological polar surface area (TPSA) is 73.8 Å². The number of thiazole rings is 1. The first-order chi connectivity index (χ1) is 14.5. The molecular formula is C22H20N4O3S. The molecule has 0 N–H and O–H groups in total. The minimum atomic E-state index is -0.356. The molecule has 0 atom stereocenters. The van der Waals surface area contributed by atoms with E-state index in [1.54, 1.807) is 29.5 Å². The number of para-hydroxylation sites is 1. The molecule has 0 bridgehead atoms. The van der Waals surface area contributed by atoms with E-state index in [0.717, 1.165) is 35.1 Å². The number of nitrogens with zero attached hydrogens (tertiary/aromatic N) is 4. The number of fused-ring (bicyclic) bond motifs is 2. The van der Waals surface area contributed by atoms with E-state index in [2.05, 4.69) is 11.0 Å². The second-order valence-electron chi connectivity index (χ2n) is 7.57. The van der Waals surface area contributed by atoms with Crippen LogP contribution in [0.2, 0.25) is 0 Å². The van der Waals surface area contributed by atoms with Gasteiger partial charge in [-0.05, 0) is 30.3 Å². The molecule has 1 fully saturated rings. The van der Waals surface area contributed by atoms with E-state index in [1.807, 2.05) is 23.1 Å². The molecule has 2 aliphatic rings. The number of rotatable bonds is 3. The first kappa shape index (κ1) is 18.9. The van der Waals surface area contributed by atoms with E-state index in [1.165, 1.54) is 11.7 Å². The van der Waals surface area contributed by atoms with Crippen LogP contribution in [-0.4, -0.2) is 70.6 Å². The van der Waals surface area contributed by atoms with Crippen LogP contribution in [0.1, 0.15) is 36.1 Å². The molecule has 2 aliphatic heterocycles. The van der Waals surface area contributed by atoms with E-state index in [-0.39, 0.29) is 17.7 Å². The average molecular weight is 420 g/mol. The number of amides is 3. The highest BCUT2D eigenvalue weighted by molar-refractivity contribution is 7.18. The Morgan fingerprint density at radius 2 is 1.73 bits per heavy atom. The monoisotopic (exact) mass is 420 g/mol. The van der Waals surface area contributed by atoms with Crippen molar-refractivity contribution in [3.8, 4) is 0 Å². The summed E-state index contributed by atoms with van der Waals surface area (Å²) in [6, 6.07) is 12.9. The first-order valence-corrected chi connectivity index (χ1v) is 10.7.